The lowest BCUT2D eigenvalue weighted by Gasteiger charge is -1.99. The lowest BCUT2D eigenvalue weighted by molar-refractivity contribution is 0.174. The van der Waals surface area contributed by atoms with Crippen molar-refractivity contribution in [3.05, 3.63) is 29.0 Å². The molecular weight excluding hydrogens is 244 g/mol. The molecule has 0 bridgehead atoms. The van der Waals surface area contributed by atoms with Gasteiger partial charge in [0.05, 0.1) is 12.3 Å². The molecule has 0 amide bonds. The summed E-state index contributed by atoms with van der Waals surface area (Å²) in [6, 6.07) is 5.48. The number of aliphatic hydroxyl groups is 1. The zero-order chi connectivity index (χ0) is 11.8. The monoisotopic (exact) mass is 252 g/mol. The third-order valence-corrected chi connectivity index (χ3v) is 2.85. The normalized spacial score (nSPS) is 13.1. The van der Waals surface area contributed by atoms with Crippen LogP contribution in [0.1, 0.15) is 5.69 Å². The van der Waals surface area contributed by atoms with Crippen molar-refractivity contribution < 1.29 is 14.6 Å². The van der Waals surface area contributed by atoms with Crippen LogP contribution in [0.3, 0.4) is 0 Å². The number of aliphatic hydroxyl groups excluding tert-OH is 1. The van der Waals surface area contributed by atoms with Crippen LogP contribution in [0.4, 0.5) is 0 Å². The fourth-order valence-corrected chi connectivity index (χ4v) is 1.86. The highest BCUT2D eigenvalue weighted by Gasteiger charge is 2.16. The predicted molar refractivity (Wildman–Crippen MR) is 61.1 cm³/mol. The molecule has 0 saturated heterocycles. The highest BCUT2D eigenvalue weighted by atomic mass is 35.5. The van der Waals surface area contributed by atoms with Gasteiger partial charge in [-0.05, 0) is 18.2 Å². The summed E-state index contributed by atoms with van der Waals surface area (Å²) in [4.78, 5) is 7.08. The number of hydrogen-bond acceptors (Lipinski definition) is 4. The van der Waals surface area contributed by atoms with Crippen LogP contribution in [0.15, 0.2) is 18.2 Å². The molecule has 0 aliphatic carbocycles. The molecule has 88 valence electrons. The Hall–Kier alpha value is -1.72. The minimum absolute atomic E-state index is 0.170. The molecule has 0 radical (unpaired) electrons. The van der Waals surface area contributed by atoms with Crippen LogP contribution in [0.25, 0.3) is 11.4 Å². The van der Waals surface area contributed by atoms with E-state index >= 15 is 0 Å². The van der Waals surface area contributed by atoms with E-state index in [4.69, 9.17) is 26.2 Å². The summed E-state index contributed by atoms with van der Waals surface area (Å²) in [5, 5.41) is 9.31. The van der Waals surface area contributed by atoms with Crippen LogP contribution in [-0.2, 0) is 6.61 Å². The molecule has 5 nitrogen and oxygen atoms in total. The second kappa shape index (κ2) is 3.94. The molecule has 1 aromatic carbocycles. The van der Waals surface area contributed by atoms with Gasteiger partial charge in [0.2, 0.25) is 6.79 Å². The van der Waals surface area contributed by atoms with Crippen molar-refractivity contribution in [2.24, 2.45) is 0 Å². The molecule has 0 unspecified atom stereocenters. The zero-order valence-corrected chi connectivity index (χ0v) is 9.49. The van der Waals surface area contributed by atoms with E-state index in [2.05, 4.69) is 9.97 Å². The topological polar surface area (TPSA) is 67.4 Å². The van der Waals surface area contributed by atoms with Gasteiger partial charge in [-0.2, -0.15) is 0 Å². The molecule has 0 spiro atoms. The highest BCUT2D eigenvalue weighted by Crippen LogP contribution is 2.35. The van der Waals surface area contributed by atoms with E-state index in [1.807, 2.05) is 18.2 Å². The van der Waals surface area contributed by atoms with Crippen molar-refractivity contribution in [3.8, 4) is 22.9 Å². The first-order valence-electron chi connectivity index (χ1n) is 5.03. The van der Waals surface area contributed by atoms with Crippen molar-refractivity contribution in [1.29, 1.82) is 0 Å². The summed E-state index contributed by atoms with van der Waals surface area (Å²) in [6.45, 7) is 0.0654. The van der Waals surface area contributed by atoms with Gasteiger partial charge < -0.3 is 19.6 Å². The van der Waals surface area contributed by atoms with Crippen molar-refractivity contribution >= 4 is 11.6 Å². The molecule has 0 fully saturated rings. The summed E-state index contributed by atoms with van der Waals surface area (Å²) >= 11 is 5.85. The highest BCUT2D eigenvalue weighted by molar-refractivity contribution is 6.30. The maximum atomic E-state index is 9.03. The Morgan fingerprint density at radius 2 is 2.18 bits per heavy atom. The quantitative estimate of drug-likeness (QED) is 0.857. The van der Waals surface area contributed by atoms with E-state index in [1.54, 1.807) is 0 Å². The molecule has 1 aromatic heterocycles. The zero-order valence-electron chi connectivity index (χ0n) is 8.74. The third-order valence-electron chi connectivity index (χ3n) is 2.53. The Balaban J connectivity index is 2.03. The van der Waals surface area contributed by atoms with E-state index in [0.717, 1.165) is 5.56 Å². The minimum Gasteiger partial charge on any atom is -0.454 e. The Morgan fingerprint density at radius 1 is 1.35 bits per heavy atom. The maximum absolute atomic E-state index is 9.03. The number of hydrogen-bond donors (Lipinski definition) is 2. The second-order valence-corrected chi connectivity index (χ2v) is 3.94. The minimum atomic E-state index is -0.170. The molecule has 1 aliphatic heterocycles. The van der Waals surface area contributed by atoms with Gasteiger partial charge >= 0.3 is 0 Å². The number of rotatable bonds is 2. The van der Waals surface area contributed by atoms with Crippen LogP contribution in [-0.4, -0.2) is 21.9 Å². The number of aromatic amines is 1. The van der Waals surface area contributed by atoms with E-state index < -0.39 is 0 Å². The summed E-state index contributed by atoms with van der Waals surface area (Å²) in [5.74, 6) is 1.99. The molecule has 3 rings (SSSR count). The van der Waals surface area contributed by atoms with Gasteiger partial charge in [-0.1, -0.05) is 11.6 Å². The van der Waals surface area contributed by atoms with Crippen LogP contribution < -0.4 is 9.47 Å². The predicted octanol–water partition coefficient (Wildman–Crippen LogP) is 1.95. The van der Waals surface area contributed by atoms with E-state index in [1.165, 1.54) is 0 Å². The number of ether oxygens (including phenoxy) is 2. The van der Waals surface area contributed by atoms with Crippen molar-refractivity contribution in [3.63, 3.8) is 0 Å². The molecule has 2 aromatic rings. The second-order valence-electron chi connectivity index (χ2n) is 3.58. The van der Waals surface area contributed by atoms with Gasteiger partial charge in [0.15, 0.2) is 16.7 Å². The van der Waals surface area contributed by atoms with Crippen molar-refractivity contribution in [1.82, 2.24) is 9.97 Å². The Morgan fingerprint density at radius 3 is 2.94 bits per heavy atom. The maximum Gasteiger partial charge on any atom is 0.231 e. The van der Waals surface area contributed by atoms with Gasteiger partial charge in [0.25, 0.3) is 0 Å². The number of nitrogens with zero attached hydrogens (tertiary/aromatic N) is 1. The number of aromatic nitrogens is 2. The largest absolute Gasteiger partial charge is 0.454 e. The molecule has 6 heteroatoms. The standard InChI is InChI=1S/C11H9ClN2O3/c12-10-7(4-15)13-11(14-10)6-1-2-8-9(3-6)17-5-16-8/h1-3,15H,4-5H2,(H,13,14). The van der Waals surface area contributed by atoms with Gasteiger partial charge in [-0.15, -0.1) is 0 Å². The number of fused-ring (bicyclic) bond motifs is 1. The number of H-pyrrole nitrogens is 1. The average Bonchev–Trinajstić information content (AvgIpc) is 2.93. The smallest absolute Gasteiger partial charge is 0.231 e. The fraction of sp³-hybridized carbons (Fsp3) is 0.182. The van der Waals surface area contributed by atoms with Gasteiger partial charge in [0.1, 0.15) is 5.82 Å². The first-order valence-corrected chi connectivity index (χ1v) is 5.41. The average molecular weight is 253 g/mol. The van der Waals surface area contributed by atoms with Crippen LogP contribution in [0, 0.1) is 0 Å². The fourth-order valence-electron chi connectivity index (χ4n) is 1.67. The van der Waals surface area contributed by atoms with E-state index in [9.17, 15) is 0 Å². The summed E-state index contributed by atoms with van der Waals surface area (Å²) < 4.78 is 10.5. The lowest BCUT2D eigenvalue weighted by atomic mass is 10.2. The number of benzene rings is 1. The summed E-state index contributed by atoms with van der Waals surface area (Å²) in [7, 11) is 0. The molecular formula is C11H9ClN2O3. The van der Waals surface area contributed by atoms with Crippen LogP contribution in [0.2, 0.25) is 5.15 Å². The van der Waals surface area contributed by atoms with Gasteiger partial charge in [-0.25, -0.2) is 4.98 Å². The van der Waals surface area contributed by atoms with Crippen molar-refractivity contribution in [2.45, 2.75) is 6.61 Å². The number of halogens is 1. The third kappa shape index (κ3) is 1.73. The molecule has 1 aliphatic rings. The van der Waals surface area contributed by atoms with Crippen molar-refractivity contribution in [2.75, 3.05) is 6.79 Å². The Labute approximate surface area is 102 Å². The number of nitrogens with one attached hydrogen (secondary N) is 1. The molecule has 17 heavy (non-hydrogen) atoms. The van der Waals surface area contributed by atoms with Crippen LogP contribution in [0.5, 0.6) is 11.5 Å². The lowest BCUT2D eigenvalue weighted by Crippen LogP contribution is -1.92. The van der Waals surface area contributed by atoms with Gasteiger partial charge in [0, 0.05) is 5.56 Å². The molecule has 2 N–H and O–H groups in total. The molecule has 0 atom stereocenters. The van der Waals surface area contributed by atoms with Gasteiger partial charge in [-0.3, -0.25) is 0 Å². The summed E-state index contributed by atoms with van der Waals surface area (Å²) in [5.41, 5.74) is 1.33. The number of imidazole rings is 1. The first-order chi connectivity index (χ1) is 8.28. The van der Waals surface area contributed by atoms with E-state index in [-0.39, 0.29) is 18.6 Å². The Bertz CT molecular complexity index is 568. The van der Waals surface area contributed by atoms with Crippen LogP contribution >= 0.6 is 11.6 Å². The Kier molecular flexibility index (Phi) is 2.42. The molecule has 0 saturated carbocycles. The summed E-state index contributed by atoms with van der Waals surface area (Å²) in [6.07, 6.45) is 0. The SMILES string of the molecule is OCc1[nH]c(-c2ccc3c(c2)OCO3)nc1Cl. The molecule has 2 heterocycles. The van der Waals surface area contributed by atoms with E-state index in [0.29, 0.717) is 23.0 Å². The first kappa shape index (κ1) is 10.4.